The second kappa shape index (κ2) is 8.41. The largest absolute Gasteiger partial charge is 0.497 e. The number of nitrogens with zero attached hydrogens (tertiary/aromatic N) is 3. The van der Waals surface area contributed by atoms with E-state index in [9.17, 15) is 9.59 Å². The molecule has 9 heteroatoms. The van der Waals surface area contributed by atoms with Gasteiger partial charge in [-0.05, 0) is 42.0 Å². The lowest BCUT2D eigenvalue weighted by Gasteiger charge is -2.39. The number of ether oxygens (including phenoxy) is 4. The van der Waals surface area contributed by atoms with E-state index in [1.807, 2.05) is 12.1 Å². The highest BCUT2D eigenvalue weighted by Crippen LogP contribution is 2.44. The Morgan fingerprint density at radius 3 is 2.06 bits per heavy atom. The van der Waals surface area contributed by atoms with Crippen LogP contribution in [-0.4, -0.2) is 64.2 Å². The Bertz CT molecular complexity index is 1060. The van der Waals surface area contributed by atoms with Crippen LogP contribution in [0.5, 0.6) is 23.0 Å². The molecule has 2 atom stereocenters. The molecule has 0 radical (unpaired) electrons. The van der Waals surface area contributed by atoms with Crippen molar-refractivity contribution in [1.82, 2.24) is 4.90 Å². The average Bonchev–Trinajstić information content (AvgIpc) is 3.11. The lowest BCUT2D eigenvalue weighted by molar-refractivity contribution is -0.118. The molecule has 168 valence electrons. The van der Waals surface area contributed by atoms with Gasteiger partial charge in [-0.1, -0.05) is 0 Å². The smallest absolute Gasteiger partial charge is 0.345 e. The summed E-state index contributed by atoms with van der Waals surface area (Å²) < 4.78 is 21.6. The van der Waals surface area contributed by atoms with E-state index >= 15 is 0 Å². The van der Waals surface area contributed by atoms with Gasteiger partial charge in [0, 0.05) is 19.4 Å². The van der Waals surface area contributed by atoms with Crippen LogP contribution in [0, 0.1) is 0 Å². The lowest BCUT2D eigenvalue weighted by Crippen LogP contribution is -2.54. The molecule has 2 aliphatic rings. The summed E-state index contributed by atoms with van der Waals surface area (Å²) in [6, 6.07) is 9.90. The molecule has 32 heavy (non-hydrogen) atoms. The van der Waals surface area contributed by atoms with Crippen LogP contribution in [0.4, 0.5) is 10.5 Å². The van der Waals surface area contributed by atoms with Crippen molar-refractivity contribution in [3.63, 3.8) is 0 Å². The van der Waals surface area contributed by atoms with Gasteiger partial charge in [-0.2, -0.15) is 4.99 Å². The molecule has 2 heterocycles. The highest BCUT2D eigenvalue weighted by Gasteiger charge is 2.48. The number of benzene rings is 2. The molecule has 1 saturated heterocycles. The Hall–Kier alpha value is -3.75. The Balaban J connectivity index is 1.78. The number of fused-ring (bicyclic) bond motifs is 1. The third kappa shape index (κ3) is 3.39. The average molecular weight is 439 g/mol. The van der Waals surface area contributed by atoms with Gasteiger partial charge in [0.1, 0.15) is 11.6 Å². The van der Waals surface area contributed by atoms with Crippen LogP contribution in [0.1, 0.15) is 17.9 Å². The number of hydrogen-bond donors (Lipinski definition) is 0. The minimum absolute atomic E-state index is 0.160. The zero-order chi connectivity index (χ0) is 23.0. The highest BCUT2D eigenvalue weighted by atomic mass is 16.5. The number of likely N-dealkylation sites (N-methyl/N-ethyl adjacent to an activating group) is 1. The molecule has 0 saturated carbocycles. The first-order valence-electron chi connectivity index (χ1n) is 10.1. The number of amides is 3. The number of carbonyl (C=O) groups excluding carboxylic acids is 2. The summed E-state index contributed by atoms with van der Waals surface area (Å²) >= 11 is 0. The summed E-state index contributed by atoms with van der Waals surface area (Å²) in [6.45, 7) is 0. The van der Waals surface area contributed by atoms with Gasteiger partial charge in [-0.3, -0.25) is 9.69 Å². The second-order valence-electron chi connectivity index (χ2n) is 7.50. The normalized spacial score (nSPS) is 20.1. The SMILES string of the molecule is COc1ccc(N2C(=O)C[C@H](c3cc(OC)c(OC)c(OC)c3)[C@@H]3C2=NC(=O)N3C)cc1. The van der Waals surface area contributed by atoms with Gasteiger partial charge in [0.05, 0.1) is 40.2 Å². The maximum Gasteiger partial charge on any atom is 0.345 e. The first-order chi connectivity index (χ1) is 15.4. The number of methoxy groups -OCH3 is 4. The first kappa shape index (κ1) is 21.5. The molecule has 2 aromatic carbocycles. The van der Waals surface area contributed by atoms with E-state index in [-0.39, 0.29) is 18.2 Å². The topological polar surface area (TPSA) is 89.9 Å². The summed E-state index contributed by atoms with van der Waals surface area (Å²) in [5, 5.41) is 0. The van der Waals surface area contributed by atoms with Gasteiger partial charge in [0.15, 0.2) is 11.5 Å². The fourth-order valence-electron chi connectivity index (χ4n) is 4.31. The zero-order valence-corrected chi connectivity index (χ0v) is 18.6. The number of urea groups is 1. The van der Waals surface area contributed by atoms with Gasteiger partial charge in [0.25, 0.3) is 0 Å². The van der Waals surface area contributed by atoms with Crippen LogP contribution in [-0.2, 0) is 4.79 Å². The fourth-order valence-corrected chi connectivity index (χ4v) is 4.31. The van der Waals surface area contributed by atoms with Crippen molar-refractivity contribution < 1.29 is 28.5 Å². The molecule has 0 aromatic heterocycles. The number of carbonyl (C=O) groups is 2. The molecular weight excluding hydrogens is 414 g/mol. The predicted molar refractivity (Wildman–Crippen MR) is 118 cm³/mol. The van der Waals surface area contributed by atoms with Gasteiger partial charge in [-0.25, -0.2) is 4.79 Å². The Labute approximate surface area is 186 Å². The summed E-state index contributed by atoms with van der Waals surface area (Å²) in [7, 11) is 7.88. The van der Waals surface area contributed by atoms with Crippen molar-refractivity contribution in [3.05, 3.63) is 42.0 Å². The van der Waals surface area contributed by atoms with E-state index in [0.29, 0.717) is 34.5 Å². The van der Waals surface area contributed by atoms with Crippen LogP contribution >= 0.6 is 0 Å². The third-order valence-electron chi connectivity index (χ3n) is 5.89. The van der Waals surface area contributed by atoms with E-state index in [2.05, 4.69) is 4.99 Å². The Kier molecular flexibility index (Phi) is 5.65. The summed E-state index contributed by atoms with van der Waals surface area (Å²) in [6.07, 6.45) is 0.173. The van der Waals surface area contributed by atoms with E-state index in [4.69, 9.17) is 18.9 Å². The molecule has 1 fully saturated rings. The number of anilines is 1. The first-order valence-corrected chi connectivity index (χ1v) is 10.1. The molecule has 0 unspecified atom stereocenters. The monoisotopic (exact) mass is 439 g/mol. The summed E-state index contributed by atoms with van der Waals surface area (Å²) in [5.74, 6) is 2.01. The van der Waals surface area contributed by atoms with Crippen LogP contribution in [0.3, 0.4) is 0 Å². The molecule has 0 N–H and O–H groups in total. The van der Waals surface area contributed by atoms with Crippen LogP contribution in [0.2, 0.25) is 0 Å². The number of rotatable bonds is 6. The molecular formula is C23H25N3O6. The van der Waals surface area contributed by atoms with Crippen molar-refractivity contribution >= 4 is 23.5 Å². The van der Waals surface area contributed by atoms with Gasteiger partial charge in [-0.15, -0.1) is 0 Å². The number of amidine groups is 1. The number of aliphatic imine (C=N–C) groups is 1. The Morgan fingerprint density at radius 1 is 0.906 bits per heavy atom. The zero-order valence-electron chi connectivity index (χ0n) is 18.6. The van der Waals surface area contributed by atoms with Gasteiger partial charge < -0.3 is 23.8 Å². The molecule has 0 aliphatic carbocycles. The molecule has 2 aromatic rings. The van der Waals surface area contributed by atoms with Crippen molar-refractivity contribution in [2.75, 3.05) is 40.4 Å². The number of hydrogen-bond acceptors (Lipinski definition) is 6. The molecule has 4 rings (SSSR count). The fraction of sp³-hybridized carbons (Fsp3) is 0.348. The van der Waals surface area contributed by atoms with E-state index < -0.39 is 12.1 Å². The Morgan fingerprint density at radius 2 is 1.53 bits per heavy atom. The molecule has 0 bridgehead atoms. The van der Waals surface area contributed by atoms with Crippen molar-refractivity contribution in [1.29, 1.82) is 0 Å². The molecule has 9 nitrogen and oxygen atoms in total. The van der Waals surface area contributed by atoms with E-state index in [1.54, 1.807) is 43.3 Å². The molecule has 2 aliphatic heterocycles. The highest BCUT2D eigenvalue weighted by molar-refractivity contribution is 6.25. The maximum atomic E-state index is 13.3. The van der Waals surface area contributed by atoms with Crippen molar-refractivity contribution in [2.45, 2.75) is 18.4 Å². The predicted octanol–water partition coefficient (Wildman–Crippen LogP) is 3.07. The van der Waals surface area contributed by atoms with Crippen LogP contribution in [0.15, 0.2) is 41.4 Å². The van der Waals surface area contributed by atoms with Gasteiger partial charge in [0.2, 0.25) is 11.7 Å². The summed E-state index contributed by atoms with van der Waals surface area (Å²) in [4.78, 5) is 33.2. The minimum atomic E-state index is -0.426. The third-order valence-corrected chi connectivity index (χ3v) is 5.89. The lowest BCUT2D eigenvalue weighted by atomic mass is 9.83. The van der Waals surface area contributed by atoms with Gasteiger partial charge >= 0.3 is 6.03 Å². The van der Waals surface area contributed by atoms with E-state index in [1.165, 1.54) is 26.2 Å². The summed E-state index contributed by atoms with van der Waals surface area (Å²) in [5.41, 5.74) is 1.42. The molecule has 3 amide bonds. The van der Waals surface area contributed by atoms with E-state index in [0.717, 1.165) is 5.56 Å². The maximum absolute atomic E-state index is 13.3. The number of piperidine rings is 1. The van der Waals surface area contributed by atoms with Crippen LogP contribution in [0.25, 0.3) is 0 Å². The van der Waals surface area contributed by atoms with Crippen molar-refractivity contribution in [2.24, 2.45) is 4.99 Å². The standard InChI is InChI=1S/C23H25N3O6/c1-25-20-16(13-10-17(30-3)21(32-5)18(11-13)31-4)12-19(27)26(22(20)24-23(25)28)14-6-8-15(29-2)9-7-14/h6-11,16,20H,12H2,1-5H3/t16-,20-/m1/s1. The van der Waals surface area contributed by atoms with Crippen molar-refractivity contribution in [3.8, 4) is 23.0 Å². The van der Waals surface area contributed by atoms with Crippen LogP contribution < -0.4 is 23.8 Å². The molecule has 0 spiro atoms. The second-order valence-corrected chi connectivity index (χ2v) is 7.50. The quantitative estimate of drug-likeness (QED) is 0.687. The minimum Gasteiger partial charge on any atom is -0.497 e.